The molecule has 3 fully saturated rings. The number of fused-ring (bicyclic) bond motifs is 1. The number of amides is 4. The molecule has 4 N–H and O–H groups in total. The number of nitrogens with zero attached hydrogens (tertiary/aromatic N) is 2. The lowest BCUT2D eigenvalue weighted by Crippen LogP contribution is -2.47. The number of aromatic amines is 1. The smallest absolute Gasteiger partial charge is 0.252 e. The molecule has 4 heterocycles. The third kappa shape index (κ3) is 6.81. The SMILES string of the molecule is CN[C@@H](C(=O)N1CCC[C@H]1C(=O)Nc1ccc2[nH]c(-c3ccc(NC(=O)[C@@H]4CCCN4C(=O)[C@H]4CCCO4)cc3)cc2c1)c1ccccc1. The topological polar surface area (TPSA) is 136 Å². The molecular formula is C38H42N6O5. The summed E-state index contributed by atoms with van der Waals surface area (Å²) >= 11 is 0. The quantitative estimate of drug-likeness (QED) is 0.203. The molecule has 49 heavy (non-hydrogen) atoms. The number of H-pyrrole nitrogens is 1. The molecule has 0 spiro atoms. The number of hydrogen-bond donors (Lipinski definition) is 4. The minimum atomic E-state index is -0.540. The second kappa shape index (κ2) is 14.2. The molecule has 3 aliphatic rings. The van der Waals surface area contributed by atoms with E-state index in [4.69, 9.17) is 4.74 Å². The number of likely N-dealkylation sites (N-methyl/N-ethyl adjacent to an activating group) is 1. The van der Waals surface area contributed by atoms with Gasteiger partial charge in [0.05, 0.1) is 0 Å². The molecular weight excluding hydrogens is 620 g/mol. The Balaban J connectivity index is 0.986. The molecule has 0 saturated carbocycles. The predicted molar refractivity (Wildman–Crippen MR) is 188 cm³/mol. The Hall–Kier alpha value is -5.00. The number of rotatable bonds is 9. The molecule has 7 rings (SSSR count). The van der Waals surface area contributed by atoms with E-state index in [0.717, 1.165) is 47.0 Å². The number of nitrogens with one attached hydrogen (secondary N) is 4. The van der Waals surface area contributed by atoms with Gasteiger partial charge in [0.2, 0.25) is 17.7 Å². The van der Waals surface area contributed by atoms with Gasteiger partial charge in [0.15, 0.2) is 0 Å². The molecule has 254 valence electrons. The van der Waals surface area contributed by atoms with Crippen LogP contribution in [-0.2, 0) is 23.9 Å². The Bertz CT molecular complexity index is 1830. The van der Waals surface area contributed by atoms with Gasteiger partial charge in [-0.15, -0.1) is 0 Å². The zero-order valence-corrected chi connectivity index (χ0v) is 27.6. The van der Waals surface area contributed by atoms with Crippen LogP contribution in [0.5, 0.6) is 0 Å². The van der Waals surface area contributed by atoms with E-state index in [0.29, 0.717) is 50.3 Å². The average molecular weight is 663 g/mol. The van der Waals surface area contributed by atoms with Crippen molar-refractivity contribution in [2.24, 2.45) is 0 Å². The number of anilines is 2. The molecule has 0 unspecified atom stereocenters. The summed E-state index contributed by atoms with van der Waals surface area (Å²) < 4.78 is 5.57. The van der Waals surface area contributed by atoms with Crippen molar-refractivity contribution in [3.63, 3.8) is 0 Å². The van der Waals surface area contributed by atoms with Crippen LogP contribution in [0.4, 0.5) is 11.4 Å². The van der Waals surface area contributed by atoms with E-state index < -0.39 is 24.2 Å². The van der Waals surface area contributed by atoms with Crippen molar-refractivity contribution < 1.29 is 23.9 Å². The molecule has 0 aliphatic carbocycles. The van der Waals surface area contributed by atoms with Crippen molar-refractivity contribution in [1.29, 1.82) is 0 Å². The minimum Gasteiger partial charge on any atom is -0.368 e. The van der Waals surface area contributed by atoms with Crippen molar-refractivity contribution in [2.75, 3.05) is 37.4 Å². The number of hydrogen-bond acceptors (Lipinski definition) is 6. The van der Waals surface area contributed by atoms with Gasteiger partial charge in [-0.05, 0) is 93.1 Å². The van der Waals surface area contributed by atoms with E-state index in [9.17, 15) is 19.2 Å². The first-order valence-electron chi connectivity index (χ1n) is 17.2. The third-order valence-electron chi connectivity index (χ3n) is 9.90. The standard InChI is InChI=1S/C38H42N6O5/c1-39-34(25-8-3-2-4-9-25)38(48)44-20-6-11-32(44)36(46)41-28-17-18-29-26(22-28)23-30(42-29)24-13-15-27(16-14-24)40-35(45)31-10-5-19-43(31)37(47)33-12-7-21-49-33/h2-4,8-9,13-18,22-23,31-34,39,42H,5-7,10-12,19-21H2,1H3,(H,40,45)(H,41,46)/t31-,32-,33+,34+/m0/s1. The highest BCUT2D eigenvalue weighted by molar-refractivity contribution is 6.01. The van der Waals surface area contributed by atoms with Crippen molar-refractivity contribution in [3.05, 3.63) is 84.4 Å². The highest BCUT2D eigenvalue weighted by Crippen LogP contribution is 2.30. The lowest BCUT2D eigenvalue weighted by atomic mass is 10.1. The first-order chi connectivity index (χ1) is 23.9. The summed E-state index contributed by atoms with van der Waals surface area (Å²) in [5.74, 6) is -0.560. The maximum Gasteiger partial charge on any atom is 0.252 e. The maximum atomic E-state index is 13.5. The Morgan fingerprint density at radius 2 is 1.45 bits per heavy atom. The fourth-order valence-corrected chi connectivity index (χ4v) is 7.36. The van der Waals surface area contributed by atoms with Gasteiger partial charge >= 0.3 is 0 Å². The monoisotopic (exact) mass is 662 g/mol. The highest BCUT2D eigenvalue weighted by atomic mass is 16.5. The van der Waals surface area contributed by atoms with Crippen molar-refractivity contribution >= 4 is 45.9 Å². The maximum absolute atomic E-state index is 13.5. The molecule has 4 aromatic rings. The van der Waals surface area contributed by atoms with Gasteiger partial charge in [-0.2, -0.15) is 0 Å². The van der Waals surface area contributed by atoms with Gasteiger partial charge in [-0.3, -0.25) is 19.2 Å². The zero-order valence-electron chi connectivity index (χ0n) is 27.6. The van der Waals surface area contributed by atoms with Crippen LogP contribution in [0.3, 0.4) is 0 Å². The Kier molecular flexibility index (Phi) is 9.45. The van der Waals surface area contributed by atoms with Gasteiger partial charge in [-0.25, -0.2) is 0 Å². The number of carbonyl (C=O) groups is 4. The molecule has 11 heteroatoms. The fraction of sp³-hybridized carbons (Fsp3) is 0.368. The Morgan fingerprint density at radius 1 is 0.776 bits per heavy atom. The predicted octanol–water partition coefficient (Wildman–Crippen LogP) is 4.83. The largest absolute Gasteiger partial charge is 0.368 e. The van der Waals surface area contributed by atoms with Crippen LogP contribution in [0.15, 0.2) is 78.9 Å². The van der Waals surface area contributed by atoms with E-state index in [1.54, 1.807) is 16.8 Å². The zero-order chi connectivity index (χ0) is 33.9. The molecule has 1 aromatic heterocycles. The van der Waals surface area contributed by atoms with Crippen molar-refractivity contribution in [3.8, 4) is 11.3 Å². The lowest BCUT2D eigenvalue weighted by molar-refractivity contribution is -0.144. The van der Waals surface area contributed by atoms with E-state index in [1.807, 2.05) is 78.9 Å². The van der Waals surface area contributed by atoms with Crippen LogP contribution in [0.25, 0.3) is 22.2 Å². The normalized spacial score (nSPS) is 21.2. The molecule has 3 aliphatic heterocycles. The number of benzene rings is 3. The van der Waals surface area contributed by atoms with Crippen LogP contribution < -0.4 is 16.0 Å². The van der Waals surface area contributed by atoms with Gasteiger partial charge < -0.3 is 35.5 Å². The summed E-state index contributed by atoms with van der Waals surface area (Å²) in [7, 11) is 1.76. The lowest BCUT2D eigenvalue weighted by Gasteiger charge is -2.28. The van der Waals surface area contributed by atoms with Crippen LogP contribution in [-0.4, -0.2) is 83.3 Å². The molecule has 11 nitrogen and oxygen atoms in total. The molecule has 4 amide bonds. The Labute approximate surface area is 285 Å². The molecule has 0 radical (unpaired) electrons. The molecule has 4 atom stereocenters. The first-order valence-corrected chi connectivity index (χ1v) is 17.2. The summed E-state index contributed by atoms with van der Waals surface area (Å²) in [4.78, 5) is 59.9. The second-order valence-corrected chi connectivity index (χ2v) is 13.1. The highest BCUT2D eigenvalue weighted by Gasteiger charge is 2.39. The van der Waals surface area contributed by atoms with Crippen LogP contribution in [0, 0.1) is 0 Å². The number of aromatic nitrogens is 1. The van der Waals surface area contributed by atoms with Crippen LogP contribution >= 0.6 is 0 Å². The van der Waals surface area contributed by atoms with Gasteiger partial charge in [0.1, 0.15) is 24.2 Å². The Morgan fingerprint density at radius 3 is 2.14 bits per heavy atom. The van der Waals surface area contributed by atoms with Gasteiger partial charge in [-0.1, -0.05) is 42.5 Å². The van der Waals surface area contributed by atoms with Crippen molar-refractivity contribution in [1.82, 2.24) is 20.1 Å². The summed E-state index contributed by atoms with van der Waals surface area (Å²) in [6, 6.07) is 23.3. The van der Waals surface area contributed by atoms with E-state index in [1.165, 1.54) is 0 Å². The fourth-order valence-electron chi connectivity index (χ4n) is 7.36. The summed E-state index contributed by atoms with van der Waals surface area (Å²) in [5.41, 5.74) is 4.94. The van der Waals surface area contributed by atoms with Crippen LogP contribution in [0.2, 0.25) is 0 Å². The summed E-state index contributed by atoms with van der Waals surface area (Å²) in [6.07, 6.45) is 3.98. The molecule has 3 saturated heterocycles. The van der Waals surface area contributed by atoms with E-state index in [2.05, 4.69) is 20.9 Å². The third-order valence-corrected chi connectivity index (χ3v) is 9.90. The number of ether oxygens (including phenoxy) is 1. The van der Waals surface area contributed by atoms with Crippen LogP contribution in [0.1, 0.15) is 50.1 Å². The van der Waals surface area contributed by atoms with E-state index in [-0.39, 0.29) is 23.6 Å². The second-order valence-electron chi connectivity index (χ2n) is 13.1. The molecule has 3 aromatic carbocycles. The number of carbonyl (C=O) groups excluding carboxylic acids is 4. The molecule has 0 bridgehead atoms. The summed E-state index contributed by atoms with van der Waals surface area (Å²) in [6.45, 7) is 1.71. The van der Waals surface area contributed by atoms with Crippen molar-refractivity contribution in [2.45, 2.75) is 62.8 Å². The average Bonchev–Trinajstić information content (AvgIpc) is 3.95. The van der Waals surface area contributed by atoms with Gasteiger partial charge in [0.25, 0.3) is 5.91 Å². The number of likely N-dealkylation sites (tertiary alicyclic amines) is 2. The van der Waals surface area contributed by atoms with E-state index >= 15 is 0 Å². The summed E-state index contributed by atoms with van der Waals surface area (Å²) in [5, 5.41) is 10.1. The van der Waals surface area contributed by atoms with Gasteiger partial charge in [0, 0.05) is 47.7 Å². The minimum absolute atomic E-state index is 0.0795. The first kappa shape index (κ1) is 32.5.